The Bertz CT molecular complexity index is 1050. The fourth-order valence-electron chi connectivity index (χ4n) is 4.97. The lowest BCUT2D eigenvalue weighted by molar-refractivity contribution is 0.0156. The standard InChI is InChI=1S/C24H30N4O3S/c1-32(29,30)27-22-13-15-28(24-20(16-25)8-5-14-26-24)23(22)17-31-21-11-9-19(10-12-21)18-6-3-2-4-7-18/h2-8,14,19,21-23,27H,9-13,15,17H2,1H3/t19?,21?,22-,23-/m0/s1. The van der Waals surface area contributed by atoms with Gasteiger partial charge in [0.25, 0.3) is 0 Å². The van der Waals surface area contributed by atoms with Crippen LogP contribution in [-0.4, -0.2) is 51.0 Å². The van der Waals surface area contributed by atoms with Crippen LogP contribution >= 0.6 is 0 Å². The molecule has 2 aromatic rings. The number of benzene rings is 1. The van der Waals surface area contributed by atoms with E-state index in [1.165, 1.54) is 11.8 Å². The van der Waals surface area contributed by atoms with Crippen LogP contribution in [0.15, 0.2) is 48.7 Å². The fourth-order valence-corrected chi connectivity index (χ4v) is 5.80. The Morgan fingerprint density at radius 3 is 2.56 bits per heavy atom. The number of pyridine rings is 1. The number of anilines is 1. The molecule has 1 aromatic carbocycles. The topological polar surface area (TPSA) is 95.3 Å². The predicted octanol–water partition coefficient (Wildman–Crippen LogP) is 3.19. The van der Waals surface area contributed by atoms with Crippen LogP contribution in [0.1, 0.15) is 49.1 Å². The van der Waals surface area contributed by atoms with E-state index in [0.29, 0.717) is 36.9 Å². The van der Waals surface area contributed by atoms with Crippen molar-refractivity contribution in [3.05, 3.63) is 59.8 Å². The number of hydrogen-bond donors (Lipinski definition) is 1. The zero-order valence-corrected chi connectivity index (χ0v) is 19.2. The second kappa shape index (κ2) is 9.99. The van der Waals surface area contributed by atoms with Crippen LogP contribution in [0.25, 0.3) is 0 Å². The van der Waals surface area contributed by atoms with Gasteiger partial charge in [-0.1, -0.05) is 30.3 Å². The second-order valence-electron chi connectivity index (χ2n) is 8.75. The van der Waals surface area contributed by atoms with Gasteiger partial charge < -0.3 is 9.64 Å². The van der Waals surface area contributed by atoms with Crippen molar-refractivity contribution in [2.45, 2.75) is 56.2 Å². The predicted molar refractivity (Wildman–Crippen MR) is 124 cm³/mol. The number of sulfonamides is 1. The molecule has 0 bridgehead atoms. The first-order valence-corrected chi connectivity index (χ1v) is 13.1. The Labute approximate surface area is 190 Å². The van der Waals surface area contributed by atoms with Crippen LogP contribution in [0.3, 0.4) is 0 Å². The maximum Gasteiger partial charge on any atom is 0.209 e. The van der Waals surface area contributed by atoms with Crippen LogP contribution in [0.2, 0.25) is 0 Å². The van der Waals surface area contributed by atoms with Crippen molar-refractivity contribution in [2.24, 2.45) is 0 Å². The molecule has 4 rings (SSSR count). The molecule has 7 nitrogen and oxygen atoms in total. The molecular formula is C24H30N4O3S. The summed E-state index contributed by atoms with van der Waals surface area (Å²) in [5, 5.41) is 9.51. The molecular weight excluding hydrogens is 424 g/mol. The molecule has 0 spiro atoms. The lowest BCUT2D eigenvalue weighted by Crippen LogP contribution is -2.48. The van der Waals surface area contributed by atoms with E-state index in [0.717, 1.165) is 25.7 Å². The number of nitrogens with zero attached hydrogens (tertiary/aromatic N) is 3. The largest absolute Gasteiger partial charge is 0.376 e. The van der Waals surface area contributed by atoms with Gasteiger partial charge in [0, 0.05) is 18.8 Å². The van der Waals surface area contributed by atoms with Gasteiger partial charge >= 0.3 is 0 Å². The van der Waals surface area contributed by atoms with Crippen molar-refractivity contribution in [1.82, 2.24) is 9.71 Å². The number of ether oxygens (including phenoxy) is 1. The first-order chi connectivity index (χ1) is 15.4. The number of hydrogen-bond acceptors (Lipinski definition) is 6. The maximum absolute atomic E-state index is 11.9. The highest BCUT2D eigenvalue weighted by atomic mass is 32.2. The number of nitriles is 1. The first kappa shape index (κ1) is 22.7. The molecule has 1 aliphatic heterocycles. The number of nitrogens with one attached hydrogen (secondary N) is 1. The fraction of sp³-hybridized carbons (Fsp3) is 0.500. The average molecular weight is 455 g/mol. The van der Waals surface area contributed by atoms with Gasteiger partial charge in [-0.3, -0.25) is 0 Å². The minimum absolute atomic E-state index is 0.162. The highest BCUT2D eigenvalue weighted by Crippen LogP contribution is 2.35. The highest BCUT2D eigenvalue weighted by molar-refractivity contribution is 7.88. The van der Waals surface area contributed by atoms with Gasteiger partial charge in [-0.2, -0.15) is 5.26 Å². The second-order valence-corrected chi connectivity index (χ2v) is 10.5. The Morgan fingerprint density at radius 2 is 1.88 bits per heavy atom. The van der Waals surface area contributed by atoms with Crippen molar-refractivity contribution in [3.8, 4) is 6.07 Å². The lowest BCUT2D eigenvalue weighted by atomic mass is 9.83. The molecule has 0 unspecified atom stereocenters. The molecule has 32 heavy (non-hydrogen) atoms. The molecule has 2 heterocycles. The van der Waals surface area contributed by atoms with E-state index in [1.54, 1.807) is 18.3 Å². The summed E-state index contributed by atoms with van der Waals surface area (Å²) in [6, 6.07) is 15.8. The van der Waals surface area contributed by atoms with Crippen molar-refractivity contribution >= 4 is 15.8 Å². The third-order valence-corrected chi connectivity index (χ3v) is 7.27. The van der Waals surface area contributed by atoms with E-state index in [4.69, 9.17) is 4.74 Å². The summed E-state index contributed by atoms with van der Waals surface area (Å²) in [6.07, 6.45) is 7.81. The highest BCUT2D eigenvalue weighted by Gasteiger charge is 2.38. The summed E-state index contributed by atoms with van der Waals surface area (Å²) in [4.78, 5) is 6.45. The summed E-state index contributed by atoms with van der Waals surface area (Å²) in [5.41, 5.74) is 1.88. The van der Waals surface area contributed by atoms with Gasteiger partial charge in [0.2, 0.25) is 10.0 Å². The molecule has 1 saturated carbocycles. The molecule has 1 aromatic heterocycles. The molecule has 0 amide bonds. The Hall–Kier alpha value is -2.47. The van der Waals surface area contributed by atoms with Crippen LogP contribution in [0.5, 0.6) is 0 Å². The average Bonchev–Trinajstić information content (AvgIpc) is 3.19. The molecule has 2 atom stereocenters. The SMILES string of the molecule is CS(=O)(=O)N[C@H]1CCN(c2ncccc2C#N)[C@H]1COC1CCC(c2ccccc2)CC1. The van der Waals surface area contributed by atoms with Crippen molar-refractivity contribution < 1.29 is 13.2 Å². The summed E-state index contributed by atoms with van der Waals surface area (Å²) in [6.45, 7) is 1.02. The Balaban J connectivity index is 1.43. The minimum atomic E-state index is -3.36. The van der Waals surface area contributed by atoms with Gasteiger partial charge in [0.15, 0.2) is 0 Å². The van der Waals surface area contributed by atoms with E-state index in [9.17, 15) is 13.7 Å². The van der Waals surface area contributed by atoms with Crippen LogP contribution < -0.4 is 9.62 Å². The normalized spacial score (nSPS) is 26.1. The van der Waals surface area contributed by atoms with E-state index >= 15 is 0 Å². The van der Waals surface area contributed by atoms with Gasteiger partial charge in [-0.15, -0.1) is 0 Å². The van der Waals surface area contributed by atoms with E-state index < -0.39 is 10.0 Å². The minimum Gasteiger partial charge on any atom is -0.376 e. The summed E-state index contributed by atoms with van der Waals surface area (Å²) < 4.78 is 33.0. The van der Waals surface area contributed by atoms with Crippen LogP contribution in [0, 0.1) is 11.3 Å². The Kier molecular flexibility index (Phi) is 7.09. The van der Waals surface area contributed by atoms with E-state index in [-0.39, 0.29) is 18.2 Å². The summed E-state index contributed by atoms with van der Waals surface area (Å²) in [7, 11) is -3.36. The summed E-state index contributed by atoms with van der Waals surface area (Å²) in [5.74, 6) is 1.17. The van der Waals surface area contributed by atoms with Crippen LogP contribution in [-0.2, 0) is 14.8 Å². The monoisotopic (exact) mass is 454 g/mol. The zero-order valence-electron chi connectivity index (χ0n) is 18.4. The van der Waals surface area contributed by atoms with Gasteiger partial charge in [0.05, 0.1) is 30.6 Å². The molecule has 1 aliphatic carbocycles. The molecule has 8 heteroatoms. The maximum atomic E-state index is 11.9. The zero-order chi connectivity index (χ0) is 22.6. The van der Waals surface area contributed by atoms with Crippen molar-refractivity contribution in [2.75, 3.05) is 24.3 Å². The first-order valence-electron chi connectivity index (χ1n) is 11.2. The lowest BCUT2D eigenvalue weighted by Gasteiger charge is -2.33. The third kappa shape index (κ3) is 5.47. The van der Waals surface area contributed by atoms with Crippen LogP contribution in [0.4, 0.5) is 5.82 Å². The molecule has 170 valence electrons. The number of rotatable bonds is 7. The molecule has 1 saturated heterocycles. The van der Waals surface area contributed by atoms with Gasteiger partial charge in [-0.25, -0.2) is 18.1 Å². The summed E-state index contributed by atoms with van der Waals surface area (Å²) >= 11 is 0. The Morgan fingerprint density at radius 1 is 1.12 bits per heavy atom. The molecule has 2 aliphatic rings. The molecule has 2 fully saturated rings. The van der Waals surface area contributed by atoms with Gasteiger partial charge in [0.1, 0.15) is 11.9 Å². The quantitative estimate of drug-likeness (QED) is 0.690. The van der Waals surface area contributed by atoms with Crippen molar-refractivity contribution in [1.29, 1.82) is 5.26 Å². The van der Waals surface area contributed by atoms with E-state index in [2.05, 4.69) is 40.0 Å². The third-order valence-electron chi connectivity index (χ3n) is 6.54. The molecule has 0 radical (unpaired) electrons. The van der Waals surface area contributed by atoms with Gasteiger partial charge in [-0.05, 0) is 55.7 Å². The smallest absolute Gasteiger partial charge is 0.209 e. The van der Waals surface area contributed by atoms with Crippen molar-refractivity contribution in [3.63, 3.8) is 0 Å². The molecule has 1 N–H and O–H groups in total. The number of aromatic nitrogens is 1. The van der Waals surface area contributed by atoms with E-state index in [1.807, 2.05) is 11.0 Å².